The van der Waals surface area contributed by atoms with Crippen molar-refractivity contribution in [1.29, 1.82) is 0 Å². The Labute approximate surface area is 151 Å². The number of anilines is 1. The molecular formula is C18H22ClN3OS. The van der Waals surface area contributed by atoms with Gasteiger partial charge in [0.05, 0.1) is 5.69 Å². The van der Waals surface area contributed by atoms with E-state index in [4.69, 9.17) is 11.6 Å². The Kier molecular flexibility index (Phi) is 6.24. The molecule has 0 spiro atoms. The fourth-order valence-corrected chi connectivity index (χ4v) is 3.72. The molecular weight excluding hydrogens is 342 g/mol. The van der Waals surface area contributed by atoms with Crippen LogP contribution in [0.4, 0.5) is 5.13 Å². The zero-order valence-electron chi connectivity index (χ0n) is 13.6. The molecule has 1 N–H and O–H groups in total. The van der Waals surface area contributed by atoms with Crippen molar-refractivity contribution >= 4 is 34.0 Å². The monoisotopic (exact) mass is 363 g/mol. The second kappa shape index (κ2) is 8.60. The summed E-state index contributed by atoms with van der Waals surface area (Å²) in [6.45, 7) is 3.19. The van der Waals surface area contributed by atoms with Gasteiger partial charge in [0, 0.05) is 23.4 Å². The van der Waals surface area contributed by atoms with E-state index >= 15 is 0 Å². The van der Waals surface area contributed by atoms with Crippen molar-refractivity contribution in [2.75, 3.05) is 18.4 Å². The minimum Gasteiger partial charge on any atom is -0.302 e. The van der Waals surface area contributed by atoms with Crippen LogP contribution in [0.1, 0.15) is 36.9 Å². The van der Waals surface area contributed by atoms with E-state index in [9.17, 15) is 4.79 Å². The van der Waals surface area contributed by atoms with Crippen LogP contribution in [-0.4, -0.2) is 28.9 Å². The first-order valence-electron chi connectivity index (χ1n) is 8.40. The highest BCUT2D eigenvalue weighted by Gasteiger charge is 2.13. The lowest BCUT2D eigenvalue weighted by Gasteiger charge is -2.25. The van der Waals surface area contributed by atoms with Crippen LogP contribution in [0.3, 0.4) is 0 Å². The topological polar surface area (TPSA) is 45.2 Å². The van der Waals surface area contributed by atoms with E-state index in [1.165, 1.54) is 30.6 Å². The molecule has 0 bridgehead atoms. The van der Waals surface area contributed by atoms with Crippen LogP contribution < -0.4 is 5.32 Å². The van der Waals surface area contributed by atoms with E-state index in [0.29, 0.717) is 23.0 Å². The third kappa shape index (κ3) is 5.30. The Balaban J connectivity index is 1.45. The van der Waals surface area contributed by atoms with Crippen molar-refractivity contribution in [2.45, 2.75) is 38.6 Å². The van der Waals surface area contributed by atoms with E-state index in [-0.39, 0.29) is 5.91 Å². The number of nitrogens with one attached hydrogen (secondary N) is 1. The van der Waals surface area contributed by atoms with Gasteiger partial charge in [0.2, 0.25) is 5.91 Å². The fourth-order valence-electron chi connectivity index (χ4n) is 2.87. The van der Waals surface area contributed by atoms with Gasteiger partial charge in [-0.1, -0.05) is 30.2 Å². The van der Waals surface area contributed by atoms with Crippen LogP contribution in [0.15, 0.2) is 29.6 Å². The van der Waals surface area contributed by atoms with Crippen molar-refractivity contribution in [2.24, 2.45) is 0 Å². The lowest BCUT2D eigenvalue weighted by molar-refractivity contribution is -0.116. The predicted octanol–water partition coefficient (Wildman–Crippen LogP) is 4.35. The van der Waals surface area contributed by atoms with Crippen molar-refractivity contribution in [3.63, 3.8) is 0 Å². The van der Waals surface area contributed by atoms with Crippen LogP contribution in [0.5, 0.6) is 0 Å². The first-order chi connectivity index (χ1) is 11.7. The average Bonchev–Trinajstić information content (AvgIpc) is 3.02. The Hall–Kier alpha value is -1.43. The summed E-state index contributed by atoms with van der Waals surface area (Å²) in [6.07, 6.45) is 5.04. The number of aryl methyl sites for hydroxylation is 1. The Morgan fingerprint density at radius 3 is 2.71 bits per heavy atom. The normalized spacial score (nSPS) is 15.4. The minimum atomic E-state index is 0.00354. The fraction of sp³-hybridized carbons (Fsp3) is 0.444. The van der Waals surface area contributed by atoms with Gasteiger partial charge < -0.3 is 5.32 Å². The van der Waals surface area contributed by atoms with Crippen LogP contribution in [0.2, 0.25) is 5.02 Å². The lowest BCUT2D eigenvalue weighted by atomic mass is 10.1. The van der Waals surface area contributed by atoms with Crippen LogP contribution in [0.25, 0.3) is 0 Å². The zero-order valence-corrected chi connectivity index (χ0v) is 15.2. The lowest BCUT2D eigenvalue weighted by Crippen LogP contribution is -2.29. The largest absolute Gasteiger partial charge is 0.302 e. The number of nitrogens with zero attached hydrogens (tertiary/aromatic N) is 2. The highest BCUT2D eigenvalue weighted by atomic mass is 35.5. The van der Waals surface area contributed by atoms with Crippen molar-refractivity contribution in [1.82, 2.24) is 9.88 Å². The second-order valence-electron chi connectivity index (χ2n) is 6.16. The summed E-state index contributed by atoms with van der Waals surface area (Å²) in [5.74, 6) is 0.00354. The van der Waals surface area contributed by atoms with Crippen LogP contribution in [-0.2, 0) is 17.8 Å². The van der Waals surface area contributed by atoms with Gasteiger partial charge in [0.15, 0.2) is 5.13 Å². The van der Waals surface area contributed by atoms with Gasteiger partial charge in [0.1, 0.15) is 0 Å². The van der Waals surface area contributed by atoms with Crippen LogP contribution in [0, 0.1) is 0 Å². The summed E-state index contributed by atoms with van der Waals surface area (Å²) in [4.78, 5) is 19.0. The van der Waals surface area contributed by atoms with Gasteiger partial charge in [-0.3, -0.25) is 9.69 Å². The van der Waals surface area contributed by atoms with Crippen molar-refractivity contribution in [3.8, 4) is 0 Å². The minimum absolute atomic E-state index is 0.00354. The highest BCUT2D eigenvalue weighted by Crippen LogP contribution is 2.19. The number of hydrogen-bond acceptors (Lipinski definition) is 4. The molecule has 6 heteroatoms. The number of amides is 1. The summed E-state index contributed by atoms with van der Waals surface area (Å²) >= 11 is 7.37. The molecule has 0 unspecified atom stereocenters. The predicted molar refractivity (Wildman–Crippen MR) is 99.6 cm³/mol. The summed E-state index contributed by atoms with van der Waals surface area (Å²) in [7, 11) is 0. The average molecular weight is 364 g/mol. The first-order valence-corrected chi connectivity index (χ1v) is 9.66. The third-order valence-corrected chi connectivity index (χ3v) is 5.24. The standard InChI is InChI=1S/C18H22ClN3OS/c19-15-7-4-14(5-8-15)6-9-17(23)21-18-20-16(13-24-18)12-22-10-2-1-3-11-22/h4-5,7-8,13H,1-3,6,9-12H2,(H,20,21,23). The maximum Gasteiger partial charge on any atom is 0.226 e. The smallest absolute Gasteiger partial charge is 0.226 e. The first kappa shape index (κ1) is 17.4. The Bertz CT molecular complexity index is 665. The van der Waals surface area contributed by atoms with Gasteiger partial charge in [-0.25, -0.2) is 4.98 Å². The molecule has 1 aliphatic rings. The van der Waals surface area contributed by atoms with E-state index < -0.39 is 0 Å². The van der Waals surface area contributed by atoms with Gasteiger partial charge >= 0.3 is 0 Å². The van der Waals surface area contributed by atoms with E-state index in [0.717, 1.165) is 30.9 Å². The second-order valence-corrected chi connectivity index (χ2v) is 7.45. The molecule has 1 aliphatic heterocycles. The molecule has 128 valence electrons. The van der Waals surface area contributed by atoms with Gasteiger partial charge in [-0.2, -0.15) is 0 Å². The molecule has 2 heterocycles. The molecule has 1 saturated heterocycles. The number of benzene rings is 1. The number of aromatic nitrogens is 1. The van der Waals surface area contributed by atoms with E-state index in [2.05, 4.69) is 15.2 Å². The zero-order chi connectivity index (χ0) is 16.8. The Morgan fingerprint density at radius 2 is 1.96 bits per heavy atom. The molecule has 1 aromatic carbocycles. The third-order valence-electron chi connectivity index (χ3n) is 4.19. The molecule has 0 saturated carbocycles. The number of carbonyl (C=O) groups excluding carboxylic acids is 1. The van der Waals surface area contributed by atoms with E-state index in [1.54, 1.807) is 0 Å². The van der Waals surface area contributed by atoms with Gasteiger partial charge in [-0.15, -0.1) is 11.3 Å². The highest BCUT2D eigenvalue weighted by molar-refractivity contribution is 7.13. The molecule has 0 aliphatic carbocycles. The van der Waals surface area contributed by atoms with E-state index in [1.807, 2.05) is 29.6 Å². The molecule has 2 aromatic rings. The number of likely N-dealkylation sites (tertiary alicyclic amines) is 1. The summed E-state index contributed by atoms with van der Waals surface area (Å²) in [6, 6.07) is 7.61. The van der Waals surface area contributed by atoms with Crippen molar-refractivity contribution in [3.05, 3.63) is 45.9 Å². The number of hydrogen-bond donors (Lipinski definition) is 1. The SMILES string of the molecule is O=C(CCc1ccc(Cl)cc1)Nc1nc(CN2CCCCC2)cs1. The number of carbonyl (C=O) groups is 1. The number of rotatable bonds is 6. The maximum atomic E-state index is 12.1. The van der Waals surface area contributed by atoms with Crippen molar-refractivity contribution < 1.29 is 4.79 Å². The molecule has 1 fully saturated rings. The number of thiazole rings is 1. The summed E-state index contributed by atoms with van der Waals surface area (Å²) in [5, 5.41) is 6.36. The molecule has 1 amide bonds. The Morgan fingerprint density at radius 1 is 1.21 bits per heavy atom. The van der Waals surface area contributed by atoms with Gasteiger partial charge in [0.25, 0.3) is 0 Å². The quantitative estimate of drug-likeness (QED) is 0.829. The summed E-state index contributed by atoms with van der Waals surface area (Å²) < 4.78 is 0. The van der Waals surface area contributed by atoms with Gasteiger partial charge in [-0.05, 0) is 50.0 Å². The maximum absolute atomic E-state index is 12.1. The molecule has 0 radical (unpaired) electrons. The molecule has 1 aromatic heterocycles. The number of halogens is 1. The molecule has 4 nitrogen and oxygen atoms in total. The molecule has 3 rings (SSSR count). The van der Waals surface area contributed by atoms with Crippen LogP contribution >= 0.6 is 22.9 Å². The summed E-state index contributed by atoms with van der Waals surface area (Å²) in [5.41, 5.74) is 2.16. The number of piperidine rings is 1. The molecule has 24 heavy (non-hydrogen) atoms. The molecule has 0 atom stereocenters.